The van der Waals surface area contributed by atoms with Crippen molar-refractivity contribution in [3.05, 3.63) is 63.3 Å². The molecule has 0 radical (unpaired) electrons. The third-order valence-electron chi connectivity index (χ3n) is 3.41. The first kappa shape index (κ1) is 14.8. The van der Waals surface area contributed by atoms with Crippen LogP contribution in [-0.2, 0) is 0 Å². The van der Waals surface area contributed by atoms with E-state index in [0.717, 1.165) is 5.56 Å². The molecule has 0 fully saturated rings. The molecule has 5 heteroatoms. The SMILES string of the molecule is C=CCC(C)n1c(O)c(-c2ccc(C)cc2)c(=O)[nH]c1=O. The standard InChI is InChI=1S/C16H18N2O3/c1-4-5-11(3)18-15(20)13(14(19)17-16(18)21)12-8-6-10(2)7-9-12/h4,6-9,11,20H,1,5H2,2-3H3,(H,17,19,21). The molecule has 0 aliphatic carbocycles. The van der Waals surface area contributed by atoms with Gasteiger partial charge >= 0.3 is 5.69 Å². The molecule has 0 amide bonds. The molecule has 0 spiro atoms. The number of nitrogens with zero attached hydrogens (tertiary/aromatic N) is 1. The zero-order chi connectivity index (χ0) is 15.6. The van der Waals surface area contributed by atoms with Gasteiger partial charge in [-0.15, -0.1) is 6.58 Å². The number of rotatable bonds is 4. The highest BCUT2D eigenvalue weighted by atomic mass is 16.3. The van der Waals surface area contributed by atoms with Gasteiger partial charge < -0.3 is 5.11 Å². The number of aromatic hydroxyl groups is 1. The van der Waals surface area contributed by atoms with Crippen LogP contribution >= 0.6 is 0 Å². The van der Waals surface area contributed by atoms with E-state index in [9.17, 15) is 14.7 Å². The van der Waals surface area contributed by atoms with Crippen LogP contribution in [0, 0.1) is 6.92 Å². The number of H-pyrrole nitrogens is 1. The Balaban J connectivity index is 2.70. The Morgan fingerprint density at radius 1 is 1.33 bits per heavy atom. The average Bonchev–Trinajstić information content (AvgIpc) is 2.40. The molecule has 0 aliphatic rings. The number of nitrogens with one attached hydrogen (secondary N) is 1. The fourth-order valence-corrected chi connectivity index (χ4v) is 2.27. The zero-order valence-corrected chi connectivity index (χ0v) is 12.1. The zero-order valence-electron chi connectivity index (χ0n) is 12.1. The Bertz CT molecular complexity index is 770. The van der Waals surface area contributed by atoms with E-state index < -0.39 is 11.2 Å². The van der Waals surface area contributed by atoms with Crippen molar-refractivity contribution in [3.63, 3.8) is 0 Å². The summed E-state index contributed by atoms with van der Waals surface area (Å²) in [5.74, 6) is -0.318. The van der Waals surface area contributed by atoms with Crippen molar-refractivity contribution in [2.24, 2.45) is 0 Å². The van der Waals surface area contributed by atoms with Crippen LogP contribution in [-0.4, -0.2) is 14.7 Å². The monoisotopic (exact) mass is 286 g/mol. The molecule has 21 heavy (non-hydrogen) atoms. The fourth-order valence-electron chi connectivity index (χ4n) is 2.27. The van der Waals surface area contributed by atoms with Crippen LogP contribution in [0.1, 0.15) is 24.9 Å². The maximum Gasteiger partial charge on any atom is 0.331 e. The van der Waals surface area contributed by atoms with Gasteiger partial charge in [0.15, 0.2) is 0 Å². The molecule has 2 aromatic rings. The van der Waals surface area contributed by atoms with Crippen molar-refractivity contribution in [1.82, 2.24) is 9.55 Å². The van der Waals surface area contributed by atoms with E-state index in [-0.39, 0.29) is 17.5 Å². The van der Waals surface area contributed by atoms with Crippen molar-refractivity contribution >= 4 is 0 Å². The van der Waals surface area contributed by atoms with E-state index in [1.807, 2.05) is 19.1 Å². The third-order valence-corrected chi connectivity index (χ3v) is 3.41. The molecule has 110 valence electrons. The molecule has 0 saturated heterocycles. The highest BCUT2D eigenvalue weighted by Gasteiger charge is 2.18. The van der Waals surface area contributed by atoms with Gasteiger partial charge in [-0.25, -0.2) is 4.79 Å². The number of hydrogen-bond donors (Lipinski definition) is 2. The maximum atomic E-state index is 12.0. The minimum atomic E-state index is -0.622. The topological polar surface area (TPSA) is 75.1 Å². The first-order chi connectivity index (χ1) is 9.95. The van der Waals surface area contributed by atoms with Gasteiger partial charge in [0.1, 0.15) is 5.56 Å². The summed E-state index contributed by atoms with van der Waals surface area (Å²) in [5.41, 5.74) is 0.499. The Kier molecular flexibility index (Phi) is 4.12. The van der Waals surface area contributed by atoms with Gasteiger partial charge in [-0.3, -0.25) is 14.3 Å². The van der Waals surface area contributed by atoms with E-state index in [0.29, 0.717) is 12.0 Å². The van der Waals surface area contributed by atoms with Crippen molar-refractivity contribution in [1.29, 1.82) is 0 Å². The summed E-state index contributed by atoms with van der Waals surface area (Å²) in [7, 11) is 0. The van der Waals surface area contributed by atoms with Crippen molar-refractivity contribution < 1.29 is 5.11 Å². The quantitative estimate of drug-likeness (QED) is 0.847. The fraction of sp³-hybridized carbons (Fsp3) is 0.250. The lowest BCUT2D eigenvalue weighted by Crippen LogP contribution is -2.32. The Labute approximate surface area is 122 Å². The molecule has 1 atom stereocenters. The smallest absolute Gasteiger partial charge is 0.331 e. The van der Waals surface area contributed by atoms with E-state index in [1.165, 1.54) is 4.57 Å². The van der Waals surface area contributed by atoms with Crippen LogP contribution in [0.3, 0.4) is 0 Å². The van der Waals surface area contributed by atoms with Crippen LogP contribution in [0.15, 0.2) is 46.5 Å². The van der Waals surface area contributed by atoms with E-state index in [4.69, 9.17) is 0 Å². The highest BCUT2D eigenvalue weighted by molar-refractivity contribution is 5.67. The van der Waals surface area contributed by atoms with Crippen molar-refractivity contribution in [2.75, 3.05) is 0 Å². The predicted molar refractivity (Wildman–Crippen MR) is 82.7 cm³/mol. The van der Waals surface area contributed by atoms with Crippen LogP contribution in [0.4, 0.5) is 0 Å². The molecule has 1 unspecified atom stereocenters. The summed E-state index contributed by atoms with van der Waals surface area (Å²) in [6.07, 6.45) is 2.17. The van der Waals surface area contributed by atoms with E-state index in [2.05, 4.69) is 11.6 Å². The number of benzene rings is 1. The minimum Gasteiger partial charge on any atom is -0.494 e. The van der Waals surface area contributed by atoms with Gasteiger partial charge in [0.2, 0.25) is 5.88 Å². The third kappa shape index (κ3) is 2.81. The molecule has 2 N–H and O–H groups in total. The minimum absolute atomic E-state index is 0.102. The summed E-state index contributed by atoms with van der Waals surface area (Å²) in [5, 5.41) is 10.4. The first-order valence-corrected chi connectivity index (χ1v) is 6.71. The van der Waals surface area contributed by atoms with Gasteiger partial charge in [-0.1, -0.05) is 35.9 Å². The van der Waals surface area contributed by atoms with E-state index >= 15 is 0 Å². The second kappa shape index (κ2) is 5.83. The first-order valence-electron chi connectivity index (χ1n) is 6.71. The highest BCUT2D eigenvalue weighted by Crippen LogP contribution is 2.27. The molecule has 0 aliphatic heterocycles. The lowest BCUT2D eigenvalue weighted by atomic mass is 10.1. The Hall–Kier alpha value is -2.56. The molecule has 1 heterocycles. The largest absolute Gasteiger partial charge is 0.494 e. The molecule has 0 bridgehead atoms. The van der Waals surface area contributed by atoms with Gasteiger partial charge in [-0.05, 0) is 25.8 Å². The number of aromatic amines is 1. The molecule has 0 saturated carbocycles. The molecular formula is C16H18N2O3. The maximum absolute atomic E-state index is 12.0. The lowest BCUT2D eigenvalue weighted by Gasteiger charge is -2.16. The van der Waals surface area contributed by atoms with Crippen LogP contribution in [0.2, 0.25) is 0 Å². The average molecular weight is 286 g/mol. The number of aryl methyl sites for hydroxylation is 1. The summed E-state index contributed by atoms with van der Waals surface area (Å²) < 4.78 is 1.18. The van der Waals surface area contributed by atoms with Crippen LogP contribution in [0.5, 0.6) is 5.88 Å². The van der Waals surface area contributed by atoms with Gasteiger partial charge in [-0.2, -0.15) is 0 Å². The van der Waals surface area contributed by atoms with Crippen molar-refractivity contribution in [2.45, 2.75) is 26.3 Å². The summed E-state index contributed by atoms with van der Waals surface area (Å²) in [6, 6.07) is 6.88. The lowest BCUT2D eigenvalue weighted by molar-refractivity contribution is 0.375. The Morgan fingerprint density at radius 3 is 2.52 bits per heavy atom. The van der Waals surface area contributed by atoms with Crippen molar-refractivity contribution in [3.8, 4) is 17.0 Å². The molecular weight excluding hydrogens is 268 g/mol. The second-order valence-electron chi connectivity index (χ2n) is 5.07. The van der Waals surface area contributed by atoms with E-state index in [1.54, 1.807) is 25.1 Å². The Morgan fingerprint density at radius 2 is 1.95 bits per heavy atom. The molecule has 1 aromatic carbocycles. The van der Waals surface area contributed by atoms with Gasteiger partial charge in [0.25, 0.3) is 5.56 Å². The summed E-state index contributed by atoms with van der Waals surface area (Å²) >= 11 is 0. The predicted octanol–water partition coefficient (Wildman–Crippen LogP) is 2.35. The molecule has 1 aromatic heterocycles. The number of hydrogen-bond acceptors (Lipinski definition) is 3. The second-order valence-corrected chi connectivity index (χ2v) is 5.07. The van der Waals surface area contributed by atoms with Crippen LogP contribution in [0.25, 0.3) is 11.1 Å². The number of allylic oxidation sites excluding steroid dienone is 1. The summed E-state index contributed by atoms with van der Waals surface area (Å²) in [4.78, 5) is 26.2. The summed E-state index contributed by atoms with van der Waals surface area (Å²) in [6.45, 7) is 7.33. The van der Waals surface area contributed by atoms with Gasteiger partial charge in [0, 0.05) is 6.04 Å². The normalized spacial score (nSPS) is 12.1. The number of aromatic nitrogens is 2. The molecule has 5 nitrogen and oxygen atoms in total. The van der Waals surface area contributed by atoms with Crippen LogP contribution < -0.4 is 11.2 Å². The van der Waals surface area contributed by atoms with Gasteiger partial charge in [0.05, 0.1) is 0 Å². The molecule has 2 rings (SSSR count).